The van der Waals surface area contributed by atoms with Crippen LogP contribution in [0.1, 0.15) is 20.3 Å². The van der Waals surface area contributed by atoms with Crippen molar-refractivity contribution < 1.29 is 5.11 Å². The van der Waals surface area contributed by atoms with Gasteiger partial charge in [-0.25, -0.2) is 0 Å². The van der Waals surface area contributed by atoms with Crippen molar-refractivity contribution in [3.05, 3.63) is 11.1 Å². The first-order valence-electron chi connectivity index (χ1n) is 4.89. The maximum absolute atomic E-state index is 9.38. The van der Waals surface area contributed by atoms with Gasteiger partial charge in [-0.3, -0.25) is 4.90 Å². The third-order valence-electron chi connectivity index (χ3n) is 2.73. The Bertz CT molecular complexity index is 201. The van der Waals surface area contributed by atoms with Gasteiger partial charge in [0.05, 0.1) is 6.10 Å². The number of hydrogen-bond acceptors (Lipinski definition) is 3. The third kappa shape index (κ3) is 3.10. The molecule has 1 heterocycles. The van der Waals surface area contributed by atoms with Crippen molar-refractivity contribution in [2.45, 2.75) is 26.4 Å². The van der Waals surface area contributed by atoms with E-state index in [4.69, 9.17) is 5.73 Å². The zero-order chi connectivity index (χ0) is 9.84. The summed E-state index contributed by atoms with van der Waals surface area (Å²) in [4.78, 5) is 2.26. The van der Waals surface area contributed by atoms with Gasteiger partial charge in [0, 0.05) is 26.2 Å². The van der Waals surface area contributed by atoms with E-state index < -0.39 is 0 Å². The van der Waals surface area contributed by atoms with Gasteiger partial charge in [0.2, 0.25) is 0 Å². The van der Waals surface area contributed by atoms with E-state index in [2.05, 4.69) is 18.7 Å². The monoisotopic (exact) mass is 184 g/mol. The van der Waals surface area contributed by atoms with Gasteiger partial charge in [-0.05, 0) is 20.3 Å². The third-order valence-corrected chi connectivity index (χ3v) is 2.73. The highest BCUT2D eigenvalue weighted by Crippen LogP contribution is 2.16. The van der Waals surface area contributed by atoms with Gasteiger partial charge >= 0.3 is 0 Å². The molecule has 1 aliphatic rings. The number of nitrogens with zero attached hydrogens (tertiary/aromatic N) is 1. The topological polar surface area (TPSA) is 49.5 Å². The minimum atomic E-state index is -0.369. The molecule has 76 valence electrons. The number of aliphatic hydroxyl groups is 1. The molecule has 13 heavy (non-hydrogen) atoms. The Labute approximate surface area is 80.2 Å². The molecule has 0 saturated carbocycles. The van der Waals surface area contributed by atoms with Crippen molar-refractivity contribution in [3.8, 4) is 0 Å². The highest BCUT2D eigenvalue weighted by atomic mass is 16.3. The number of β-amino-alcohol motifs (C(OH)–C–C–N with tert-alkyl or cyclic N) is 1. The largest absolute Gasteiger partial charge is 0.390 e. The molecular weight excluding hydrogens is 164 g/mol. The first kappa shape index (κ1) is 10.7. The van der Waals surface area contributed by atoms with Crippen LogP contribution in [0.2, 0.25) is 0 Å². The molecule has 0 radical (unpaired) electrons. The lowest BCUT2D eigenvalue weighted by atomic mass is 10.0. The van der Waals surface area contributed by atoms with Crippen molar-refractivity contribution in [2.24, 2.45) is 5.73 Å². The van der Waals surface area contributed by atoms with Crippen LogP contribution in [0.5, 0.6) is 0 Å². The van der Waals surface area contributed by atoms with Gasteiger partial charge in [-0.15, -0.1) is 0 Å². The van der Waals surface area contributed by atoms with Crippen LogP contribution in [0.4, 0.5) is 0 Å². The maximum Gasteiger partial charge on any atom is 0.0789 e. The molecule has 0 fully saturated rings. The fourth-order valence-corrected chi connectivity index (χ4v) is 1.62. The average molecular weight is 184 g/mol. The Morgan fingerprint density at radius 3 is 2.69 bits per heavy atom. The minimum Gasteiger partial charge on any atom is -0.390 e. The molecule has 3 nitrogen and oxygen atoms in total. The van der Waals surface area contributed by atoms with E-state index in [9.17, 15) is 5.11 Å². The molecule has 0 aliphatic carbocycles. The first-order valence-corrected chi connectivity index (χ1v) is 4.89. The normalized spacial score (nSPS) is 22.2. The van der Waals surface area contributed by atoms with Crippen LogP contribution in [-0.4, -0.2) is 42.3 Å². The second kappa shape index (κ2) is 4.74. The summed E-state index contributed by atoms with van der Waals surface area (Å²) in [6, 6.07) is 0. The summed E-state index contributed by atoms with van der Waals surface area (Å²) in [7, 11) is 0. The predicted molar refractivity (Wildman–Crippen MR) is 54.5 cm³/mol. The first-order chi connectivity index (χ1) is 6.13. The highest BCUT2D eigenvalue weighted by Gasteiger charge is 2.15. The molecule has 0 aromatic rings. The van der Waals surface area contributed by atoms with Crippen LogP contribution in [-0.2, 0) is 0 Å². The summed E-state index contributed by atoms with van der Waals surface area (Å²) in [5, 5.41) is 9.38. The quantitative estimate of drug-likeness (QED) is 0.622. The SMILES string of the molecule is CC1=C(C)CN(CC(O)CN)CC1. The van der Waals surface area contributed by atoms with Crippen LogP contribution in [0.15, 0.2) is 11.1 Å². The van der Waals surface area contributed by atoms with Gasteiger partial charge in [-0.1, -0.05) is 11.1 Å². The van der Waals surface area contributed by atoms with Gasteiger partial charge in [0.25, 0.3) is 0 Å². The number of aliphatic hydroxyl groups excluding tert-OH is 1. The minimum absolute atomic E-state index is 0.359. The molecule has 1 aliphatic heterocycles. The van der Waals surface area contributed by atoms with E-state index in [0.29, 0.717) is 13.1 Å². The average Bonchev–Trinajstić information content (AvgIpc) is 2.11. The second-order valence-electron chi connectivity index (χ2n) is 3.94. The summed E-state index contributed by atoms with van der Waals surface area (Å²) >= 11 is 0. The Morgan fingerprint density at radius 1 is 1.46 bits per heavy atom. The van der Waals surface area contributed by atoms with Crippen LogP contribution in [0, 0.1) is 0 Å². The summed E-state index contributed by atoms with van der Waals surface area (Å²) in [5.41, 5.74) is 8.30. The van der Waals surface area contributed by atoms with Gasteiger partial charge in [0.1, 0.15) is 0 Å². The van der Waals surface area contributed by atoms with E-state index in [1.54, 1.807) is 0 Å². The molecular formula is C10H20N2O. The van der Waals surface area contributed by atoms with E-state index in [1.165, 1.54) is 11.1 Å². The van der Waals surface area contributed by atoms with Crippen LogP contribution < -0.4 is 5.73 Å². The molecule has 1 atom stereocenters. The highest BCUT2D eigenvalue weighted by molar-refractivity contribution is 5.14. The van der Waals surface area contributed by atoms with Crippen LogP contribution in [0.3, 0.4) is 0 Å². The molecule has 3 N–H and O–H groups in total. The van der Waals surface area contributed by atoms with E-state index >= 15 is 0 Å². The predicted octanol–water partition coefficient (Wildman–Crippen LogP) is 0.348. The maximum atomic E-state index is 9.38. The van der Waals surface area contributed by atoms with Crippen molar-refractivity contribution in [3.63, 3.8) is 0 Å². The van der Waals surface area contributed by atoms with Crippen LogP contribution >= 0.6 is 0 Å². The molecule has 3 heteroatoms. The Morgan fingerprint density at radius 2 is 2.15 bits per heavy atom. The zero-order valence-electron chi connectivity index (χ0n) is 8.58. The van der Waals surface area contributed by atoms with Gasteiger partial charge in [0.15, 0.2) is 0 Å². The van der Waals surface area contributed by atoms with Gasteiger partial charge < -0.3 is 10.8 Å². The second-order valence-corrected chi connectivity index (χ2v) is 3.94. The number of nitrogens with two attached hydrogens (primary N) is 1. The number of rotatable bonds is 3. The molecule has 0 aromatic heterocycles. The Hall–Kier alpha value is -0.380. The number of hydrogen-bond donors (Lipinski definition) is 2. The standard InChI is InChI=1S/C10H20N2O/c1-8-3-4-12(6-9(8)2)7-10(13)5-11/h10,13H,3-7,11H2,1-2H3. The van der Waals surface area contributed by atoms with Crippen molar-refractivity contribution in [1.82, 2.24) is 4.90 Å². The zero-order valence-corrected chi connectivity index (χ0v) is 8.58. The van der Waals surface area contributed by atoms with Gasteiger partial charge in [-0.2, -0.15) is 0 Å². The summed E-state index contributed by atoms with van der Waals surface area (Å²) < 4.78 is 0. The Kier molecular flexibility index (Phi) is 3.90. The molecule has 0 bridgehead atoms. The smallest absolute Gasteiger partial charge is 0.0789 e. The summed E-state index contributed by atoms with van der Waals surface area (Å²) in [5.74, 6) is 0. The molecule has 0 spiro atoms. The van der Waals surface area contributed by atoms with E-state index in [-0.39, 0.29) is 6.10 Å². The van der Waals surface area contributed by atoms with Crippen molar-refractivity contribution >= 4 is 0 Å². The molecule has 0 aromatic carbocycles. The molecule has 0 saturated heterocycles. The van der Waals surface area contributed by atoms with Crippen molar-refractivity contribution in [1.29, 1.82) is 0 Å². The lowest BCUT2D eigenvalue weighted by molar-refractivity contribution is 0.121. The van der Waals surface area contributed by atoms with E-state index in [0.717, 1.165) is 19.5 Å². The Balaban J connectivity index is 2.40. The lowest BCUT2D eigenvalue weighted by Gasteiger charge is -2.29. The summed E-state index contributed by atoms with van der Waals surface area (Å²) in [6.45, 7) is 7.46. The van der Waals surface area contributed by atoms with Crippen LogP contribution in [0.25, 0.3) is 0 Å². The molecule has 0 amide bonds. The van der Waals surface area contributed by atoms with E-state index in [1.807, 2.05) is 0 Å². The fourth-order valence-electron chi connectivity index (χ4n) is 1.62. The molecule has 1 unspecified atom stereocenters. The lowest BCUT2D eigenvalue weighted by Crippen LogP contribution is -2.39. The fraction of sp³-hybridized carbons (Fsp3) is 0.800. The summed E-state index contributed by atoms with van der Waals surface area (Å²) in [6.07, 6.45) is 0.759. The molecule has 1 rings (SSSR count). The van der Waals surface area contributed by atoms with Crippen molar-refractivity contribution in [2.75, 3.05) is 26.2 Å².